The van der Waals surface area contributed by atoms with Gasteiger partial charge in [0.05, 0.1) is 0 Å². The fourth-order valence-electron chi connectivity index (χ4n) is 0.880. The first-order valence-electron chi connectivity index (χ1n) is 5.61. The number of carbonyl (C=O) groups excluding carboxylic acids is 1. The highest BCUT2D eigenvalue weighted by atomic mass is 16.8. The topological polar surface area (TPSA) is 101 Å². The maximum atomic E-state index is 10.9. The highest BCUT2D eigenvalue weighted by Crippen LogP contribution is 2.02. The van der Waals surface area contributed by atoms with Crippen LogP contribution in [0.2, 0.25) is 0 Å². The quantitative estimate of drug-likeness (QED) is 0.306. The Kier molecular flexibility index (Phi) is 7.41. The SMILES string of the molecule is CCC(=O)OC(C)O/N=N\N(CC(=O)O)C(C)C. The molecule has 0 spiro atoms. The molecule has 0 aromatic rings. The number of rotatable bonds is 8. The van der Waals surface area contributed by atoms with Gasteiger partial charge in [0.15, 0.2) is 0 Å². The van der Waals surface area contributed by atoms with Crippen LogP contribution in [0.5, 0.6) is 0 Å². The van der Waals surface area contributed by atoms with E-state index in [2.05, 4.69) is 10.5 Å². The first kappa shape index (κ1) is 16.1. The lowest BCUT2D eigenvalue weighted by Crippen LogP contribution is -2.30. The molecule has 1 unspecified atom stereocenters. The second kappa shape index (κ2) is 8.26. The number of ether oxygens (including phenoxy) is 1. The molecule has 8 heteroatoms. The van der Waals surface area contributed by atoms with E-state index in [0.717, 1.165) is 0 Å². The summed E-state index contributed by atoms with van der Waals surface area (Å²) in [4.78, 5) is 26.2. The molecular formula is C10H19N3O5. The van der Waals surface area contributed by atoms with Crippen LogP contribution in [0.4, 0.5) is 0 Å². The Morgan fingerprint density at radius 3 is 2.39 bits per heavy atom. The third-order valence-corrected chi connectivity index (χ3v) is 1.83. The predicted molar refractivity (Wildman–Crippen MR) is 61.3 cm³/mol. The molecule has 0 heterocycles. The second-order valence-electron chi connectivity index (χ2n) is 3.77. The number of carboxylic acids is 1. The zero-order chi connectivity index (χ0) is 14.1. The van der Waals surface area contributed by atoms with Gasteiger partial charge in [-0.15, -0.1) is 0 Å². The van der Waals surface area contributed by atoms with E-state index in [-0.39, 0.29) is 19.0 Å². The third-order valence-electron chi connectivity index (χ3n) is 1.83. The van der Waals surface area contributed by atoms with Crippen LogP contribution in [0, 0.1) is 0 Å². The number of nitrogens with zero attached hydrogens (tertiary/aromatic N) is 3. The molecule has 0 bridgehead atoms. The van der Waals surface area contributed by atoms with Gasteiger partial charge >= 0.3 is 11.9 Å². The van der Waals surface area contributed by atoms with Crippen molar-refractivity contribution in [3.8, 4) is 0 Å². The molecule has 0 rings (SSSR count). The van der Waals surface area contributed by atoms with Crippen molar-refractivity contribution < 1.29 is 24.3 Å². The van der Waals surface area contributed by atoms with E-state index in [9.17, 15) is 9.59 Å². The van der Waals surface area contributed by atoms with Crippen LogP contribution in [0.3, 0.4) is 0 Å². The van der Waals surface area contributed by atoms with Gasteiger partial charge in [-0.2, -0.15) is 0 Å². The number of esters is 1. The summed E-state index contributed by atoms with van der Waals surface area (Å²) >= 11 is 0. The van der Waals surface area contributed by atoms with Crippen LogP contribution in [0.15, 0.2) is 10.5 Å². The summed E-state index contributed by atoms with van der Waals surface area (Å²) in [5.74, 6) is -1.43. The van der Waals surface area contributed by atoms with Gasteiger partial charge in [-0.1, -0.05) is 6.92 Å². The van der Waals surface area contributed by atoms with E-state index in [0.29, 0.717) is 0 Å². The zero-order valence-electron chi connectivity index (χ0n) is 11.0. The molecule has 0 radical (unpaired) electrons. The Labute approximate surface area is 105 Å². The van der Waals surface area contributed by atoms with Gasteiger partial charge in [0.1, 0.15) is 6.54 Å². The monoisotopic (exact) mass is 261 g/mol. The summed E-state index contributed by atoms with van der Waals surface area (Å²) < 4.78 is 4.77. The average Bonchev–Trinajstić information content (AvgIpc) is 2.26. The molecule has 104 valence electrons. The van der Waals surface area contributed by atoms with Crippen LogP contribution >= 0.6 is 0 Å². The predicted octanol–water partition coefficient (Wildman–Crippen LogP) is 1.38. The number of hydrogen-bond acceptors (Lipinski definition) is 6. The van der Waals surface area contributed by atoms with E-state index in [1.807, 2.05) is 0 Å². The van der Waals surface area contributed by atoms with Gasteiger partial charge in [0.25, 0.3) is 6.29 Å². The Bertz CT molecular complexity index is 306. The molecule has 0 saturated carbocycles. The molecule has 1 atom stereocenters. The van der Waals surface area contributed by atoms with Crippen LogP contribution in [0.1, 0.15) is 34.1 Å². The van der Waals surface area contributed by atoms with E-state index in [1.54, 1.807) is 20.8 Å². The van der Waals surface area contributed by atoms with Gasteiger partial charge in [0, 0.05) is 24.7 Å². The summed E-state index contributed by atoms with van der Waals surface area (Å²) in [6.07, 6.45) is -0.623. The Hall–Kier alpha value is -1.86. The molecule has 8 nitrogen and oxygen atoms in total. The Morgan fingerprint density at radius 1 is 1.33 bits per heavy atom. The minimum atomic E-state index is -1.02. The van der Waals surface area contributed by atoms with E-state index < -0.39 is 18.2 Å². The number of carbonyl (C=O) groups is 2. The first-order valence-corrected chi connectivity index (χ1v) is 5.61. The Morgan fingerprint density at radius 2 is 1.94 bits per heavy atom. The highest BCUT2D eigenvalue weighted by Gasteiger charge is 2.12. The minimum Gasteiger partial charge on any atom is -0.480 e. The maximum absolute atomic E-state index is 10.9. The summed E-state index contributed by atoms with van der Waals surface area (Å²) in [6, 6.07) is -0.137. The zero-order valence-corrected chi connectivity index (χ0v) is 11.0. The molecule has 0 aromatic heterocycles. The number of hydrogen-bond donors (Lipinski definition) is 1. The fraction of sp³-hybridized carbons (Fsp3) is 0.800. The average molecular weight is 261 g/mol. The van der Waals surface area contributed by atoms with Crippen molar-refractivity contribution in [2.45, 2.75) is 46.4 Å². The first-order chi connectivity index (χ1) is 8.36. The molecular weight excluding hydrogens is 242 g/mol. The summed E-state index contributed by atoms with van der Waals surface area (Å²) in [6.45, 7) is 6.39. The summed E-state index contributed by atoms with van der Waals surface area (Å²) in [5, 5.41) is 16.8. The van der Waals surface area contributed by atoms with Crippen molar-refractivity contribution in [1.82, 2.24) is 5.01 Å². The van der Waals surface area contributed by atoms with Gasteiger partial charge in [-0.3, -0.25) is 14.6 Å². The standard InChI is InChI=1S/C10H19N3O5/c1-5-10(16)17-8(4)18-12-11-13(7(2)3)6-9(14)15/h7-8H,5-6H2,1-4H3,(H,14,15)/b12-11-. The highest BCUT2D eigenvalue weighted by molar-refractivity contribution is 5.69. The van der Waals surface area contributed by atoms with Gasteiger partial charge in [0.2, 0.25) is 0 Å². The lowest BCUT2D eigenvalue weighted by atomic mass is 10.4. The number of aliphatic carboxylic acids is 1. The van der Waals surface area contributed by atoms with Crippen molar-refractivity contribution in [1.29, 1.82) is 0 Å². The maximum Gasteiger partial charge on any atom is 0.324 e. The molecule has 0 aliphatic carbocycles. The van der Waals surface area contributed by atoms with Crippen molar-refractivity contribution in [3.63, 3.8) is 0 Å². The van der Waals surface area contributed by atoms with Crippen LogP contribution in [-0.4, -0.2) is 40.9 Å². The van der Waals surface area contributed by atoms with Crippen molar-refractivity contribution in [3.05, 3.63) is 0 Å². The second-order valence-corrected chi connectivity index (χ2v) is 3.77. The van der Waals surface area contributed by atoms with Crippen molar-refractivity contribution in [2.24, 2.45) is 10.5 Å². The van der Waals surface area contributed by atoms with E-state index in [4.69, 9.17) is 14.7 Å². The Balaban J connectivity index is 4.17. The summed E-state index contributed by atoms with van der Waals surface area (Å²) in [7, 11) is 0. The van der Waals surface area contributed by atoms with Crippen LogP contribution in [0.25, 0.3) is 0 Å². The summed E-state index contributed by atoms with van der Waals surface area (Å²) in [5.41, 5.74) is 0. The van der Waals surface area contributed by atoms with E-state index in [1.165, 1.54) is 11.9 Å². The lowest BCUT2D eigenvalue weighted by Gasteiger charge is -2.19. The van der Waals surface area contributed by atoms with Crippen molar-refractivity contribution in [2.75, 3.05) is 6.54 Å². The molecule has 0 aliphatic rings. The van der Waals surface area contributed by atoms with Crippen LogP contribution < -0.4 is 0 Å². The molecule has 1 N–H and O–H groups in total. The lowest BCUT2D eigenvalue weighted by molar-refractivity contribution is -0.177. The van der Waals surface area contributed by atoms with E-state index >= 15 is 0 Å². The third kappa shape index (κ3) is 7.42. The smallest absolute Gasteiger partial charge is 0.324 e. The van der Waals surface area contributed by atoms with Crippen LogP contribution in [-0.2, 0) is 19.2 Å². The minimum absolute atomic E-state index is 0.137. The van der Waals surface area contributed by atoms with Crippen molar-refractivity contribution >= 4 is 11.9 Å². The van der Waals surface area contributed by atoms with Gasteiger partial charge < -0.3 is 14.7 Å². The molecule has 0 fully saturated rings. The molecule has 0 aliphatic heterocycles. The molecule has 0 amide bonds. The fourth-order valence-corrected chi connectivity index (χ4v) is 0.880. The van der Waals surface area contributed by atoms with Gasteiger partial charge in [-0.05, 0) is 19.1 Å². The molecule has 18 heavy (non-hydrogen) atoms. The number of carboxylic acid groups (broad SMARTS) is 1. The normalized spacial score (nSPS) is 12.5. The molecule has 0 saturated heterocycles. The molecule has 0 aromatic carbocycles. The van der Waals surface area contributed by atoms with Gasteiger partial charge in [-0.25, -0.2) is 0 Å². The largest absolute Gasteiger partial charge is 0.480 e.